The van der Waals surface area contributed by atoms with Gasteiger partial charge in [-0.2, -0.15) is 0 Å². The number of hydrogen-bond acceptors (Lipinski definition) is 5. The predicted molar refractivity (Wildman–Crippen MR) is 71.5 cm³/mol. The number of aromatic nitrogens is 2. The normalized spacial score (nSPS) is 17.0. The molecule has 0 amide bonds. The van der Waals surface area contributed by atoms with E-state index in [1.807, 2.05) is 37.3 Å². The van der Waals surface area contributed by atoms with E-state index in [2.05, 4.69) is 15.3 Å². The lowest BCUT2D eigenvalue weighted by atomic mass is 10.2. The van der Waals surface area contributed by atoms with Crippen molar-refractivity contribution in [1.29, 1.82) is 0 Å². The number of ether oxygens (including phenoxy) is 2. The number of fused-ring (bicyclic) bond motifs is 1. The van der Waals surface area contributed by atoms with Gasteiger partial charge in [-0.05, 0) is 25.1 Å². The van der Waals surface area contributed by atoms with Crippen LogP contribution in [0.4, 0.5) is 5.82 Å². The highest BCUT2D eigenvalue weighted by atomic mass is 16.6. The lowest BCUT2D eigenvalue weighted by Crippen LogP contribution is -2.23. The van der Waals surface area contributed by atoms with Gasteiger partial charge in [0.25, 0.3) is 0 Å². The first kappa shape index (κ1) is 11.8. The molecule has 1 atom stereocenters. The van der Waals surface area contributed by atoms with E-state index in [1.165, 1.54) is 0 Å². The second kappa shape index (κ2) is 5.14. The molecule has 98 valence electrons. The zero-order valence-electron chi connectivity index (χ0n) is 10.7. The molecule has 1 N–H and O–H groups in total. The topological polar surface area (TPSA) is 56.3 Å². The summed E-state index contributed by atoms with van der Waals surface area (Å²) in [4.78, 5) is 8.69. The number of para-hydroxylation sites is 2. The molecule has 1 aromatic heterocycles. The summed E-state index contributed by atoms with van der Waals surface area (Å²) >= 11 is 0. The Hall–Kier alpha value is -2.30. The quantitative estimate of drug-likeness (QED) is 0.915. The first-order valence-electron chi connectivity index (χ1n) is 6.32. The van der Waals surface area contributed by atoms with Gasteiger partial charge in [-0.15, -0.1) is 0 Å². The Balaban J connectivity index is 1.82. The highest BCUT2D eigenvalue weighted by Gasteiger charge is 2.24. The minimum absolute atomic E-state index is 0.270. The third kappa shape index (κ3) is 2.45. The molecule has 1 aliphatic heterocycles. The second-order valence-electron chi connectivity index (χ2n) is 4.19. The molecule has 5 nitrogen and oxygen atoms in total. The van der Waals surface area contributed by atoms with Crippen molar-refractivity contribution in [2.75, 3.05) is 18.5 Å². The zero-order chi connectivity index (χ0) is 13.1. The van der Waals surface area contributed by atoms with Crippen molar-refractivity contribution in [3.63, 3.8) is 0 Å². The fourth-order valence-corrected chi connectivity index (χ4v) is 1.96. The van der Waals surface area contributed by atoms with E-state index in [0.717, 1.165) is 23.9 Å². The van der Waals surface area contributed by atoms with E-state index < -0.39 is 0 Å². The molecule has 5 heteroatoms. The van der Waals surface area contributed by atoms with E-state index in [1.54, 1.807) is 6.20 Å². The average molecular weight is 257 g/mol. The summed E-state index contributed by atoms with van der Waals surface area (Å²) in [5.41, 5.74) is 0. The molecule has 0 radical (unpaired) electrons. The van der Waals surface area contributed by atoms with E-state index in [4.69, 9.17) is 9.47 Å². The van der Waals surface area contributed by atoms with Crippen LogP contribution in [0, 0.1) is 0 Å². The van der Waals surface area contributed by atoms with E-state index in [9.17, 15) is 0 Å². The third-order valence-corrected chi connectivity index (χ3v) is 2.83. The summed E-state index contributed by atoms with van der Waals surface area (Å²) < 4.78 is 11.5. The summed E-state index contributed by atoms with van der Waals surface area (Å²) in [5, 5.41) is 3.16. The van der Waals surface area contributed by atoms with Crippen LogP contribution in [0.3, 0.4) is 0 Å². The van der Waals surface area contributed by atoms with Crippen molar-refractivity contribution >= 4 is 5.82 Å². The molecule has 0 fully saturated rings. The Labute approximate surface area is 111 Å². The molecule has 0 saturated carbocycles. The van der Waals surface area contributed by atoms with E-state index in [0.29, 0.717) is 12.4 Å². The summed E-state index contributed by atoms with van der Waals surface area (Å²) in [6.07, 6.45) is 1.46. The second-order valence-corrected chi connectivity index (χ2v) is 4.19. The minimum atomic E-state index is -0.270. The van der Waals surface area contributed by atoms with Crippen LogP contribution in [-0.2, 0) is 0 Å². The van der Waals surface area contributed by atoms with Crippen LogP contribution < -0.4 is 14.8 Å². The number of benzene rings is 1. The van der Waals surface area contributed by atoms with Crippen LogP contribution in [0.5, 0.6) is 11.5 Å². The van der Waals surface area contributed by atoms with Gasteiger partial charge >= 0.3 is 0 Å². The molecule has 1 aromatic carbocycles. The summed E-state index contributed by atoms with van der Waals surface area (Å²) in [6.45, 7) is 3.27. The Kier molecular flexibility index (Phi) is 3.18. The van der Waals surface area contributed by atoms with Crippen LogP contribution in [0.1, 0.15) is 18.9 Å². The van der Waals surface area contributed by atoms with E-state index >= 15 is 0 Å². The highest BCUT2D eigenvalue weighted by molar-refractivity contribution is 5.41. The van der Waals surface area contributed by atoms with Gasteiger partial charge in [-0.1, -0.05) is 12.1 Å². The van der Waals surface area contributed by atoms with Crippen molar-refractivity contribution in [3.05, 3.63) is 42.4 Å². The highest BCUT2D eigenvalue weighted by Crippen LogP contribution is 2.34. The Morgan fingerprint density at radius 3 is 2.95 bits per heavy atom. The van der Waals surface area contributed by atoms with Crippen LogP contribution in [0.15, 0.2) is 36.5 Å². The average Bonchev–Trinajstić information content (AvgIpc) is 2.47. The molecule has 1 aliphatic rings. The first-order valence-corrected chi connectivity index (χ1v) is 6.32. The molecule has 19 heavy (non-hydrogen) atoms. The van der Waals surface area contributed by atoms with Gasteiger partial charge in [-0.25, -0.2) is 9.97 Å². The Morgan fingerprint density at radius 2 is 2.11 bits per heavy atom. The van der Waals surface area contributed by atoms with Gasteiger partial charge in [0.15, 0.2) is 23.4 Å². The van der Waals surface area contributed by atoms with Crippen molar-refractivity contribution in [2.24, 2.45) is 0 Å². The van der Waals surface area contributed by atoms with E-state index in [-0.39, 0.29) is 6.10 Å². The van der Waals surface area contributed by atoms with Crippen molar-refractivity contribution in [1.82, 2.24) is 9.97 Å². The number of anilines is 1. The van der Waals surface area contributed by atoms with Crippen LogP contribution in [0.25, 0.3) is 0 Å². The molecular weight excluding hydrogens is 242 g/mol. The molecule has 0 aliphatic carbocycles. The van der Waals surface area contributed by atoms with Crippen molar-refractivity contribution < 1.29 is 9.47 Å². The number of nitrogens with one attached hydrogen (secondary N) is 1. The SMILES string of the molecule is CCNc1ccnc(C2COc3ccccc3O2)n1. The number of rotatable bonds is 3. The minimum Gasteiger partial charge on any atom is -0.485 e. The fraction of sp³-hybridized carbons (Fsp3) is 0.286. The van der Waals surface area contributed by atoms with Gasteiger partial charge in [-0.3, -0.25) is 0 Å². The number of nitrogens with zero attached hydrogens (tertiary/aromatic N) is 2. The Morgan fingerprint density at radius 1 is 1.26 bits per heavy atom. The summed E-state index contributed by atoms with van der Waals surface area (Å²) in [7, 11) is 0. The maximum Gasteiger partial charge on any atom is 0.192 e. The van der Waals surface area contributed by atoms with Gasteiger partial charge in [0.05, 0.1) is 0 Å². The lowest BCUT2D eigenvalue weighted by Gasteiger charge is -2.25. The first-order chi connectivity index (χ1) is 9.36. The zero-order valence-corrected chi connectivity index (χ0v) is 10.7. The van der Waals surface area contributed by atoms with Gasteiger partial charge in [0.1, 0.15) is 12.4 Å². The molecule has 2 heterocycles. The standard InChI is InChI=1S/C14H15N3O2/c1-2-15-13-7-8-16-14(17-13)12-9-18-10-5-3-4-6-11(10)19-12/h3-8,12H,2,9H2,1H3,(H,15,16,17). The van der Waals surface area contributed by atoms with Gasteiger partial charge in [0.2, 0.25) is 0 Å². The number of hydrogen-bond donors (Lipinski definition) is 1. The molecule has 0 bridgehead atoms. The largest absolute Gasteiger partial charge is 0.485 e. The van der Waals surface area contributed by atoms with Gasteiger partial charge < -0.3 is 14.8 Å². The van der Waals surface area contributed by atoms with Crippen LogP contribution >= 0.6 is 0 Å². The molecule has 2 aromatic rings. The van der Waals surface area contributed by atoms with Crippen LogP contribution in [-0.4, -0.2) is 23.1 Å². The Bertz CT molecular complexity index is 574. The predicted octanol–water partition coefficient (Wildman–Crippen LogP) is 2.42. The smallest absolute Gasteiger partial charge is 0.192 e. The summed E-state index contributed by atoms with van der Waals surface area (Å²) in [6, 6.07) is 9.45. The monoisotopic (exact) mass is 257 g/mol. The molecule has 0 spiro atoms. The molecule has 0 saturated heterocycles. The van der Waals surface area contributed by atoms with Crippen molar-refractivity contribution in [2.45, 2.75) is 13.0 Å². The molecule has 3 rings (SSSR count). The lowest BCUT2D eigenvalue weighted by molar-refractivity contribution is 0.0851. The molecule has 1 unspecified atom stereocenters. The third-order valence-electron chi connectivity index (χ3n) is 2.83. The molecular formula is C14H15N3O2. The van der Waals surface area contributed by atoms with Crippen molar-refractivity contribution in [3.8, 4) is 11.5 Å². The van der Waals surface area contributed by atoms with Crippen LogP contribution in [0.2, 0.25) is 0 Å². The fourth-order valence-electron chi connectivity index (χ4n) is 1.96. The van der Waals surface area contributed by atoms with Gasteiger partial charge in [0, 0.05) is 12.7 Å². The maximum atomic E-state index is 5.87. The summed E-state index contributed by atoms with van der Waals surface area (Å²) in [5.74, 6) is 2.93. The maximum absolute atomic E-state index is 5.87.